The normalized spacial score (nSPS) is 15.6. The van der Waals surface area contributed by atoms with Gasteiger partial charge in [0.15, 0.2) is 0 Å². The number of thioether (sulfide) groups is 1. The zero-order valence-electron chi connectivity index (χ0n) is 16.6. The van der Waals surface area contributed by atoms with Gasteiger partial charge >= 0.3 is 0 Å². The maximum atomic E-state index is 12.7. The van der Waals surface area contributed by atoms with Crippen molar-refractivity contribution in [2.75, 3.05) is 26.9 Å². The van der Waals surface area contributed by atoms with Gasteiger partial charge in [0, 0.05) is 25.0 Å². The summed E-state index contributed by atoms with van der Waals surface area (Å²) >= 11 is 7.01. The van der Waals surface area contributed by atoms with Gasteiger partial charge in [-0.05, 0) is 55.4 Å². The van der Waals surface area contributed by atoms with E-state index in [1.165, 1.54) is 4.90 Å². The summed E-state index contributed by atoms with van der Waals surface area (Å²) in [5.74, 6) is 0.227. The number of carbonyl (C=O) groups is 2. The lowest BCUT2D eigenvalue weighted by Crippen LogP contribution is -2.32. The minimum absolute atomic E-state index is 0.167. The molecule has 0 bridgehead atoms. The first-order valence-electron chi connectivity index (χ1n) is 9.20. The van der Waals surface area contributed by atoms with Crippen LogP contribution in [0.15, 0.2) is 35.2 Å². The summed E-state index contributed by atoms with van der Waals surface area (Å²) in [7, 11) is 1.67. The first-order chi connectivity index (χ1) is 13.9. The van der Waals surface area contributed by atoms with E-state index in [0.717, 1.165) is 35.3 Å². The van der Waals surface area contributed by atoms with Crippen LogP contribution in [0.25, 0.3) is 6.08 Å². The molecule has 0 radical (unpaired) electrons. The summed E-state index contributed by atoms with van der Waals surface area (Å²) in [6.45, 7) is 5.70. The van der Waals surface area contributed by atoms with Crippen LogP contribution >= 0.6 is 23.4 Å². The van der Waals surface area contributed by atoms with Gasteiger partial charge in [0.05, 0.1) is 23.1 Å². The Hall–Kier alpha value is -2.22. The second-order valence-corrected chi connectivity index (χ2v) is 7.98. The molecule has 1 saturated heterocycles. The van der Waals surface area contributed by atoms with E-state index in [1.54, 1.807) is 25.3 Å². The van der Waals surface area contributed by atoms with Crippen molar-refractivity contribution in [3.8, 4) is 5.75 Å². The monoisotopic (exact) mass is 434 g/mol. The quantitative estimate of drug-likeness (QED) is 0.571. The maximum absolute atomic E-state index is 12.7. The van der Waals surface area contributed by atoms with E-state index in [4.69, 9.17) is 21.1 Å². The molecule has 0 unspecified atom stereocenters. The van der Waals surface area contributed by atoms with Gasteiger partial charge in [0.25, 0.3) is 11.1 Å². The van der Waals surface area contributed by atoms with Crippen molar-refractivity contribution in [1.82, 2.24) is 9.47 Å². The molecule has 0 N–H and O–H groups in total. The highest BCUT2D eigenvalue weighted by atomic mass is 35.5. The molecule has 29 heavy (non-hydrogen) atoms. The van der Waals surface area contributed by atoms with Crippen LogP contribution in [0, 0.1) is 13.8 Å². The SMILES string of the molecule is COCCn1c(C)cc(/C=C2\SC(=O)N(CCOc3ccccc3Cl)C2=O)c1C. The van der Waals surface area contributed by atoms with Crippen LogP contribution in [0.4, 0.5) is 4.79 Å². The van der Waals surface area contributed by atoms with Gasteiger partial charge in [0.1, 0.15) is 12.4 Å². The van der Waals surface area contributed by atoms with Gasteiger partial charge in [-0.1, -0.05) is 23.7 Å². The molecule has 1 aromatic heterocycles. The van der Waals surface area contributed by atoms with E-state index in [2.05, 4.69) is 4.57 Å². The summed E-state index contributed by atoms with van der Waals surface area (Å²) in [6, 6.07) is 9.10. The standard InChI is InChI=1S/C21H23ClN2O4S/c1-14-12-16(15(2)23(14)8-10-27-3)13-19-20(25)24(21(26)29-19)9-11-28-18-7-5-4-6-17(18)22/h4-7,12-13H,8-11H2,1-3H3/b19-13-. The first-order valence-corrected chi connectivity index (χ1v) is 10.4. The van der Waals surface area contributed by atoms with Crippen molar-refractivity contribution in [2.45, 2.75) is 20.4 Å². The molecule has 3 rings (SSSR count). The summed E-state index contributed by atoms with van der Waals surface area (Å²) in [6.07, 6.45) is 1.78. The molecular weight excluding hydrogens is 412 g/mol. The fraction of sp³-hybridized carbons (Fsp3) is 0.333. The van der Waals surface area contributed by atoms with Gasteiger partial charge in [0.2, 0.25) is 0 Å². The number of hydrogen-bond donors (Lipinski definition) is 0. The molecule has 8 heteroatoms. The van der Waals surface area contributed by atoms with Crippen LogP contribution in [0.2, 0.25) is 5.02 Å². The molecule has 1 aromatic carbocycles. The summed E-state index contributed by atoms with van der Waals surface area (Å²) in [5.41, 5.74) is 3.04. The molecule has 2 heterocycles. The molecule has 0 atom stereocenters. The van der Waals surface area contributed by atoms with Crippen molar-refractivity contribution in [3.05, 3.63) is 57.2 Å². The number of nitrogens with zero attached hydrogens (tertiary/aromatic N) is 2. The fourth-order valence-electron chi connectivity index (χ4n) is 3.14. The molecule has 1 aliphatic heterocycles. The van der Waals surface area contributed by atoms with Crippen LogP contribution in [-0.2, 0) is 16.1 Å². The molecule has 2 aromatic rings. The molecule has 6 nitrogen and oxygen atoms in total. The minimum atomic E-state index is -0.301. The van der Waals surface area contributed by atoms with Crippen molar-refractivity contribution in [1.29, 1.82) is 0 Å². The number of para-hydroxylation sites is 1. The van der Waals surface area contributed by atoms with Crippen molar-refractivity contribution < 1.29 is 19.1 Å². The Kier molecular flexibility index (Phi) is 7.05. The van der Waals surface area contributed by atoms with Gasteiger partial charge in [-0.15, -0.1) is 0 Å². The first kappa shape index (κ1) is 21.5. The molecule has 1 aliphatic rings. The number of benzene rings is 1. The van der Waals surface area contributed by atoms with Gasteiger partial charge in [-0.25, -0.2) is 0 Å². The lowest BCUT2D eigenvalue weighted by Gasteiger charge is -2.13. The van der Waals surface area contributed by atoms with Crippen molar-refractivity contribution in [3.63, 3.8) is 0 Å². The van der Waals surface area contributed by atoms with Gasteiger partial charge in [-0.2, -0.15) is 0 Å². The number of amides is 2. The molecule has 0 spiro atoms. The van der Waals surface area contributed by atoms with E-state index in [-0.39, 0.29) is 24.3 Å². The number of methoxy groups -OCH3 is 1. The number of aromatic nitrogens is 1. The highest BCUT2D eigenvalue weighted by Crippen LogP contribution is 2.33. The van der Waals surface area contributed by atoms with Crippen LogP contribution < -0.4 is 4.74 Å². The zero-order chi connectivity index (χ0) is 21.0. The maximum Gasteiger partial charge on any atom is 0.293 e. The number of halogens is 1. The number of imide groups is 1. The van der Waals surface area contributed by atoms with E-state index >= 15 is 0 Å². The molecule has 2 amide bonds. The Bertz CT molecular complexity index is 954. The minimum Gasteiger partial charge on any atom is -0.490 e. The molecule has 0 saturated carbocycles. The average molecular weight is 435 g/mol. The molecule has 1 fully saturated rings. The van der Waals surface area contributed by atoms with Crippen LogP contribution in [0.5, 0.6) is 5.75 Å². The third-order valence-electron chi connectivity index (χ3n) is 4.70. The number of hydrogen-bond acceptors (Lipinski definition) is 5. The lowest BCUT2D eigenvalue weighted by molar-refractivity contribution is -0.123. The number of carbonyl (C=O) groups excluding carboxylic acids is 2. The Morgan fingerprint density at radius 1 is 1.14 bits per heavy atom. The smallest absolute Gasteiger partial charge is 0.293 e. The third kappa shape index (κ3) is 4.86. The second kappa shape index (κ2) is 9.52. The number of aryl methyl sites for hydroxylation is 1. The van der Waals surface area contributed by atoms with Gasteiger partial charge < -0.3 is 14.0 Å². The average Bonchev–Trinajstić information content (AvgIpc) is 3.11. The largest absolute Gasteiger partial charge is 0.490 e. The molecular formula is C21H23ClN2O4S. The van der Waals surface area contributed by atoms with E-state index in [9.17, 15) is 9.59 Å². The Balaban J connectivity index is 1.68. The molecule has 0 aliphatic carbocycles. The van der Waals surface area contributed by atoms with Crippen LogP contribution in [0.3, 0.4) is 0 Å². The fourth-order valence-corrected chi connectivity index (χ4v) is 4.19. The van der Waals surface area contributed by atoms with Crippen molar-refractivity contribution >= 4 is 40.6 Å². The Morgan fingerprint density at radius 2 is 1.90 bits per heavy atom. The second-order valence-electron chi connectivity index (χ2n) is 6.58. The van der Waals surface area contributed by atoms with Crippen LogP contribution in [0.1, 0.15) is 17.0 Å². The lowest BCUT2D eigenvalue weighted by atomic mass is 10.2. The highest BCUT2D eigenvalue weighted by molar-refractivity contribution is 8.18. The predicted octanol–water partition coefficient (Wildman–Crippen LogP) is 4.52. The summed E-state index contributed by atoms with van der Waals surface area (Å²) in [4.78, 5) is 26.7. The van der Waals surface area contributed by atoms with E-state index in [0.29, 0.717) is 22.3 Å². The topological polar surface area (TPSA) is 60.8 Å². The summed E-state index contributed by atoms with van der Waals surface area (Å²) < 4.78 is 12.9. The van der Waals surface area contributed by atoms with Crippen molar-refractivity contribution in [2.24, 2.45) is 0 Å². The van der Waals surface area contributed by atoms with E-state index in [1.807, 2.05) is 32.0 Å². The summed E-state index contributed by atoms with van der Waals surface area (Å²) in [5, 5.41) is 0.197. The molecule has 154 valence electrons. The highest BCUT2D eigenvalue weighted by Gasteiger charge is 2.35. The van der Waals surface area contributed by atoms with E-state index < -0.39 is 0 Å². The van der Waals surface area contributed by atoms with Crippen LogP contribution in [-0.4, -0.2) is 47.5 Å². The van der Waals surface area contributed by atoms with Gasteiger partial charge in [-0.3, -0.25) is 14.5 Å². The Morgan fingerprint density at radius 3 is 2.62 bits per heavy atom. The Labute approximate surface area is 179 Å². The third-order valence-corrected chi connectivity index (χ3v) is 5.92. The zero-order valence-corrected chi connectivity index (χ0v) is 18.2. The number of ether oxygens (including phenoxy) is 2. The predicted molar refractivity (Wildman–Crippen MR) is 115 cm³/mol. The number of rotatable bonds is 8.